The largest absolute Gasteiger partial charge is 0.491 e. The predicted octanol–water partition coefficient (Wildman–Crippen LogP) is 2.82. The number of carboxylic acids is 1. The van der Waals surface area contributed by atoms with E-state index in [2.05, 4.69) is 15.9 Å². The Labute approximate surface area is 137 Å². The molecule has 1 amide bonds. The van der Waals surface area contributed by atoms with Gasteiger partial charge >= 0.3 is 5.97 Å². The second-order valence-electron chi connectivity index (χ2n) is 6.03. The lowest BCUT2D eigenvalue weighted by molar-refractivity contribution is -0.159. The SMILES string of the molecule is O=C(CC1(C(=O)O)CCC1)N1CCOc2ccc(Br)cc2C1. The molecule has 0 aromatic heterocycles. The molecule has 118 valence electrons. The number of amides is 1. The fraction of sp³-hybridized carbons (Fsp3) is 0.500. The minimum atomic E-state index is -0.846. The Bertz CT molecular complexity index is 612. The Kier molecular flexibility index (Phi) is 4.12. The van der Waals surface area contributed by atoms with E-state index in [9.17, 15) is 14.7 Å². The molecule has 0 saturated heterocycles. The number of rotatable bonds is 3. The van der Waals surface area contributed by atoms with Crippen molar-refractivity contribution < 1.29 is 19.4 Å². The fourth-order valence-corrected chi connectivity index (χ4v) is 3.46. The molecule has 1 aromatic carbocycles. The summed E-state index contributed by atoms with van der Waals surface area (Å²) in [7, 11) is 0. The van der Waals surface area contributed by atoms with Crippen LogP contribution in [-0.4, -0.2) is 35.0 Å². The van der Waals surface area contributed by atoms with Crippen LogP contribution in [0.4, 0.5) is 0 Å². The van der Waals surface area contributed by atoms with E-state index in [-0.39, 0.29) is 12.3 Å². The van der Waals surface area contributed by atoms with Crippen molar-refractivity contribution in [1.82, 2.24) is 4.90 Å². The molecule has 0 atom stereocenters. The average molecular weight is 368 g/mol. The van der Waals surface area contributed by atoms with E-state index >= 15 is 0 Å². The summed E-state index contributed by atoms with van der Waals surface area (Å²) in [6, 6.07) is 5.74. The maximum Gasteiger partial charge on any atom is 0.310 e. The van der Waals surface area contributed by atoms with Crippen LogP contribution in [0, 0.1) is 5.41 Å². The third-order valence-electron chi connectivity index (χ3n) is 4.61. The van der Waals surface area contributed by atoms with Crippen molar-refractivity contribution in [2.75, 3.05) is 13.2 Å². The first-order valence-electron chi connectivity index (χ1n) is 7.43. The summed E-state index contributed by atoms with van der Waals surface area (Å²) in [4.78, 5) is 25.7. The summed E-state index contributed by atoms with van der Waals surface area (Å²) in [5.74, 6) is -0.157. The summed E-state index contributed by atoms with van der Waals surface area (Å²) in [6.45, 7) is 1.38. The maximum absolute atomic E-state index is 12.6. The molecule has 1 aliphatic carbocycles. The van der Waals surface area contributed by atoms with Crippen LogP contribution < -0.4 is 4.74 Å². The van der Waals surface area contributed by atoms with E-state index in [0.717, 1.165) is 22.2 Å². The molecule has 3 rings (SSSR count). The lowest BCUT2D eigenvalue weighted by Gasteiger charge is -2.38. The highest BCUT2D eigenvalue weighted by Gasteiger charge is 2.46. The summed E-state index contributed by atoms with van der Waals surface area (Å²) in [5, 5.41) is 9.38. The van der Waals surface area contributed by atoms with Crippen molar-refractivity contribution in [3.8, 4) is 5.75 Å². The number of aliphatic carboxylic acids is 1. The number of ether oxygens (including phenoxy) is 1. The number of carbonyl (C=O) groups is 2. The second-order valence-corrected chi connectivity index (χ2v) is 6.95. The van der Waals surface area contributed by atoms with Crippen LogP contribution in [0.3, 0.4) is 0 Å². The van der Waals surface area contributed by atoms with E-state index in [1.54, 1.807) is 4.90 Å². The molecule has 1 N–H and O–H groups in total. The van der Waals surface area contributed by atoms with E-state index in [1.165, 1.54) is 0 Å². The molecule has 0 radical (unpaired) electrons. The summed E-state index contributed by atoms with van der Waals surface area (Å²) in [6.07, 6.45) is 2.17. The maximum atomic E-state index is 12.6. The molecule has 0 bridgehead atoms. The molecular formula is C16H18BrNO4. The summed E-state index contributed by atoms with van der Waals surface area (Å²) in [5.41, 5.74) is 0.0999. The topological polar surface area (TPSA) is 66.8 Å². The Morgan fingerprint density at radius 1 is 1.36 bits per heavy atom. The number of carboxylic acid groups (broad SMARTS) is 1. The van der Waals surface area contributed by atoms with Gasteiger partial charge in [-0.15, -0.1) is 0 Å². The molecule has 5 nitrogen and oxygen atoms in total. The standard InChI is InChI=1S/C16H18BrNO4/c17-12-2-3-13-11(8-12)10-18(6-7-22-13)14(19)9-16(15(20)21)4-1-5-16/h2-3,8H,1,4-7,9-10H2,(H,20,21). The third kappa shape index (κ3) is 2.84. The lowest BCUT2D eigenvalue weighted by atomic mass is 9.66. The van der Waals surface area contributed by atoms with Crippen molar-refractivity contribution in [3.05, 3.63) is 28.2 Å². The van der Waals surface area contributed by atoms with Crippen LogP contribution in [0.2, 0.25) is 0 Å². The van der Waals surface area contributed by atoms with Crippen molar-refractivity contribution in [2.24, 2.45) is 5.41 Å². The number of hydrogen-bond donors (Lipinski definition) is 1. The summed E-state index contributed by atoms with van der Waals surface area (Å²) >= 11 is 3.42. The highest BCUT2D eigenvalue weighted by Crippen LogP contribution is 2.44. The van der Waals surface area contributed by atoms with Crippen LogP contribution in [-0.2, 0) is 16.1 Å². The van der Waals surface area contributed by atoms with Gasteiger partial charge in [-0.1, -0.05) is 22.4 Å². The van der Waals surface area contributed by atoms with Gasteiger partial charge in [-0.2, -0.15) is 0 Å². The Morgan fingerprint density at radius 3 is 2.77 bits per heavy atom. The molecule has 0 spiro atoms. The highest BCUT2D eigenvalue weighted by molar-refractivity contribution is 9.10. The van der Waals surface area contributed by atoms with Gasteiger partial charge in [0.1, 0.15) is 12.4 Å². The Balaban J connectivity index is 1.74. The van der Waals surface area contributed by atoms with Crippen molar-refractivity contribution in [3.63, 3.8) is 0 Å². The third-order valence-corrected chi connectivity index (χ3v) is 5.10. The summed E-state index contributed by atoms with van der Waals surface area (Å²) < 4.78 is 6.61. The van der Waals surface area contributed by atoms with Crippen LogP contribution in [0.1, 0.15) is 31.2 Å². The Hall–Kier alpha value is -1.56. The van der Waals surface area contributed by atoms with Crippen LogP contribution in [0.15, 0.2) is 22.7 Å². The van der Waals surface area contributed by atoms with Gasteiger partial charge in [-0.3, -0.25) is 9.59 Å². The van der Waals surface area contributed by atoms with Crippen molar-refractivity contribution >= 4 is 27.8 Å². The van der Waals surface area contributed by atoms with E-state index in [4.69, 9.17) is 4.74 Å². The molecule has 22 heavy (non-hydrogen) atoms. The number of nitrogens with zero attached hydrogens (tertiary/aromatic N) is 1. The minimum absolute atomic E-state index is 0.0890. The number of hydrogen-bond acceptors (Lipinski definition) is 3. The van der Waals surface area contributed by atoms with Gasteiger partial charge in [-0.25, -0.2) is 0 Å². The molecule has 1 heterocycles. The molecule has 0 unspecified atom stereocenters. The van der Waals surface area contributed by atoms with Gasteiger partial charge in [-0.05, 0) is 31.0 Å². The molecular weight excluding hydrogens is 350 g/mol. The fourth-order valence-electron chi connectivity index (χ4n) is 3.05. The first kappa shape index (κ1) is 15.3. The zero-order valence-electron chi connectivity index (χ0n) is 12.2. The predicted molar refractivity (Wildman–Crippen MR) is 83.6 cm³/mol. The van der Waals surface area contributed by atoms with Gasteiger partial charge in [0.05, 0.1) is 12.0 Å². The number of benzene rings is 1. The molecule has 2 aliphatic rings. The smallest absolute Gasteiger partial charge is 0.310 e. The normalized spacial score (nSPS) is 19.4. The monoisotopic (exact) mass is 367 g/mol. The molecule has 6 heteroatoms. The van der Waals surface area contributed by atoms with Gasteiger partial charge in [0, 0.05) is 23.0 Å². The van der Waals surface area contributed by atoms with Crippen LogP contribution in [0.25, 0.3) is 0 Å². The zero-order valence-corrected chi connectivity index (χ0v) is 13.8. The zero-order chi connectivity index (χ0) is 15.7. The van der Waals surface area contributed by atoms with Crippen LogP contribution >= 0.6 is 15.9 Å². The van der Waals surface area contributed by atoms with Gasteiger partial charge in [0.25, 0.3) is 0 Å². The van der Waals surface area contributed by atoms with E-state index in [1.807, 2.05) is 18.2 Å². The quantitative estimate of drug-likeness (QED) is 0.891. The number of carbonyl (C=O) groups excluding carboxylic acids is 1. The average Bonchev–Trinajstić information content (AvgIpc) is 2.63. The first-order chi connectivity index (χ1) is 10.5. The van der Waals surface area contributed by atoms with Crippen molar-refractivity contribution in [1.29, 1.82) is 0 Å². The molecule has 1 aromatic rings. The minimum Gasteiger partial charge on any atom is -0.491 e. The van der Waals surface area contributed by atoms with Crippen molar-refractivity contribution in [2.45, 2.75) is 32.2 Å². The lowest BCUT2D eigenvalue weighted by Crippen LogP contribution is -2.44. The Morgan fingerprint density at radius 2 is 2.14 bits per heavy atom. The number of halogens is 1. The van der Waals surface area contributed by atoms with Gasteiger partial charge in [0.15, 0.2) is 0 Å². The highest BCUT2D eigenvalue weighted by atomic mass is 79.9. The van der Waals surface area contributed by atoms with Gasteiger partial charge < -0.3 is 14.7 Å². The van der Waals surface area contributed by atoms with E-state index < -0.39 is 11.4 Å². The first-order valence-corrected chi connectivity index (χ1v) is 8.22. The molecule has 1 fully saturated rings. The van der Waals surface area contributed by atoms with Gasteiger partial charge in [0.2, 0.25) is 5.91 Å². The molecule has 1 aliphatic heterocycles. The second kappa shape index (κ2) is 5.91. The molecule has 1 saturated carbocycles. The van der Waals surface area contributed by atoms with E-state index in [0.29, 0.717) is 32.5 Å². The number of fused-ring (bicyclic) bond motifs is 1. The van der Waals surface area contributed by atoms with Crippen LogP contribution in [0.5, 0.6) is 5.75 Å².